The minimum absolute atomic E-state index is 0.157. The van der Waals surface area contributed by atoms with Crippen molar-refractivity contribution in [1.29, 1.82) is 0 Å². The number of aliphatic hydroxyl groups is 2. The van der Waals surface area contributed by atoms with Gasteiger partial charge in [-0.25, -0.2) is 0 Å². The Morgan fingerprint density at radius 2 is 1.86 bits per heavy atom. The van der Waals surface area contributed by atoms with E-state index < -0.39 is 0 Å². The topological polar surface area (TPSA) is 43.7 Å². The standard InChI is InChI=1S/C11H21NO2/c1-11(2)10(14)6-7-12(11)8-4-3-5-9(8)13/h8-10,13-14H,3-7H2,1-2H3. The van der Waals surface area contributed by atoms with Crippen LogP contribution in [-0.2, 0) is 0 Å². The lowest BCUT2D eigenvalue weighted by molar-refractivity contribution is -0.00485. The Morgan fingerprint density at radius 1 is 1.14 bits per heavy atom. The van der Waals surface area contributed by atoms with E-state index in [4.69, 9.17) is 0 Å². The van der Waals surface area contributed by atoms with E-state index >= 15 is 0 Å². The van der Waals surface area contributed by atoms with E-state index in [1.807, 2.05) is 0 Å². The molecular formula is C11H21NO2. The number of likely N-dealkylation sites (tertiary alicyclic amines) is 1. The maximum atomic E-state index is 9.85. The highest BCUT2D eigenvalue weighted by Gasteiger charge is 2.46. The average Bonchev–Trinajstić information content (AvgIpc) is 2.60. The fourth-order valence-corrected chi connectivity index (χ4v) is 2.97. The maximum Gasteiger partial charge on any atom is 0.0730 e. The molecule has 2 aliphatic rings. The molecule has 3 unspecified atom stereocenters. The van der Waals surface area contributed by atoms with Crippen molar-refractivity contribution < 1.29 is 10.2 Å². The molecule has 1 aliphatic carbocycles. The summed E-state index contributed by atoms with van der Waals surface area (Å²) >= 11 is 0. The van der Waals surface area contributed by atoms with Gasteiger partial charge in [0.15, 0.2) is 0 Å². The summed E-state index contributed by atoms with van der Waals surface area (Å²) in [6.45, 7) is 5.08. The quantitative estimate of drug-likeness (QED) is 0.655. The van der Waals surface area contributed by atoms with Crippen LogP contribution in [0.4, 0.5) is 0 Å². The Morgan fingerprint density at radius 3 is 2.29 bits per heavy atom. The second-order valence-corrected chi connectivity index (χ2v) is 5.22. The second-order valence-electron chi connectivity index (χ2n) is 5.22. The summed E-state index contributed by atoms with van der Waals surface area (Å²) in [6, 6.07) is 0.280. The molecule has 3 atom stereocenters. The van der Waals surface area contributed by atoms with Crippen molar-refractivity contribution in [2.45, 2.75) is 63.3 Å². The van der Waals surface area contributed by atoms with E-state index in [-0.39, 0.29) is 23.8 Å². The molecule has 0 aromatic heterocycles. The van der Waals surface area contributed by atoms with Crippen molar-refractivity contribution in [3.8, 4) is 0 Å². The fraction of sp³-hybridized carbons (Fsp3) is 1.00. The zero-order chi connectivity index (χ0) is 10.3. The lowest BCUT2D eigenvalue weighted by atomic mass is 9.96. The van der Waals surface area contributed by atoms with E-state index in [9.17, 15) is 10.2 Å². The van der Waals surface area contributed by atoms with Gasteiger partial charge in [-0.2, -0.15) is 0 Å². The normalized spacial score (nSPS) is 43.3. The van der Waals surface area contributed by atoms with E-state index in [1.54, 1.807) is 0 Å². The van der Waals surface area contributed by atoms with Crippen LogP contribution in [0.1, 0.15) is 39.5 Å². The van der Waals surface area contributed by atoms with Gasteiger partial charge in [0.2, 0.25) is 0 Å². The highest BCUT2D eigenvalue weighted by Crippen LogP contribution is 2.36. The Hall–Kier alpha value is -0.120. The summed E-state index contributed by atoms with van der Waals surface area (Å²) in [5.41, 5.74) is -0.157. The van der Waals surface area contributed by atoms with Crippen LogP contribution in [0.25, 0.3) is 0 Å². The van der Waals surface area contributed by atoms with E-state index in [0.29, 0.717) is 0 Å². The van der Waals surface area contributed by atoms with Crippen molar-refractivity contribution in [2.24, 2.45) is 0 Å². The molecule has 2 rings (SSSR count). The van der Waals surface area contributed by atoms with Gasteiger partial charge in [-0.15, -0.1) is 0 Å². The fourth-order valence-electron chi connectivity index (χ4n) is 2.97. The molecule has 0 bridgehead atoms. The van der Waals surface area contributed by atoms with Crippen LogP contribution in [0.2, 0.25) is 0 Å². The van der Waals surface area contributed by atoms with Crippen LogP contribution in [0.5, 0.6) is 0 Å². The van der Waals surface area contributed by atoms with Gasteiger partial charge in [-0.05, 0) is 39.5 Å². The maximum absolute atomic E-state index is 9.85. The lowest BCUT2D eigenvalue weighted by Gasteiger charge is -2.39. The largest absolute Gasteiger partial charge is 0.391 e. The van der Waals surface area contributed by atoms with Crippen LogP contribution < -0.4 is 0 Å². The van der Waals surface area contributed by atoms with Crippen molar-refractivity contribution in [1.82, 2.24) is 4.90 Å². The highest BCUT2D eigenvalue weighted by atomic mass is 16.3. The Bertz CT molecular complexity index is 217. The molecule has 3 heteroatoms. The highest BCUT2D eigenvalue weighted by molar-refractivity contribution is 5.01. The van der Waals surface area contributed by atoms with Crippen molar-refractivity contribution in [3.05, 3.63) is 0 Å². The molecule has 0 aromatic rings. The van der Waals surface area contributed by atoms with Crippen LogP contribution in [0, 0.1) is 0 Å². The SMILES string of the molecule is CC1(C)C(O)CCN1C1CCCC1O. The van der Waals surface area contributed by atoms with Crippen LogP contribution in [0.3, 0.4) is 0 Å². The molecule has 0 radical (unpaired) electrons. The van der Waals surface area contributed by atoms with Gasteiger partial charge in [0.05, 0.1) is 12.2 Å². The zero-order valence-electron chi connectivity index (χ0n) is 9.11. The van der Waals surface area contributed by atoms with E-state index in [0.717, 1.165) is 32.2 Å². The van der Waals surface area contributed by atoms with Gasteiger partial charge in [0.25, 0.3) is 0 Å². The molecule has 1 saturated carbocycles. The number of hydrogen-bond acceptors (Lipinski definition) is 3. The van der Waals surface area contributed by atoms with Crippen molar-refractivity contribution in [2.75, 3.05) is 6.54 Å². The van der Waals surface area contributed by atoms with E-state index in [1.165, 1.54) is 0 Å². The van der Waals surface area contributed by atoms with Crippen molar-refractivity contribution in [3.63, 3.8) is 0 Å². The third-order valence-electron chi connectivity index (χ3n) is 4.04. The second kappa shape index (κ2) is 3.47. The molecule has 2 N–H and O–H groups in total. The first-order valence-corrected chi connectivity index (χ1v) is 5.66. The number of rotatable bonds is 1. The Kier molecular flexibility index (Phi) is 2.58. The van der Waals surface area contributed by atoms with Gasteiger partial charge in [-0.1, -0.05) is 0 Å². The first kappa shape index (κ1) is 10.4. The molecule has 1 saturated heterocycles. The Labute approximate surface area is 85.7 Å². The number of nitrogens with zero attached hydrogens (tertiary/aromatic N) is 1. The molecule has 82 valence electrons. The van der Waals surface area contributed by atoms with Crippen molar-refractivity contribution >= 4 is 0 Å². The van der Waals surface area contributed by atoms with Gasteiger partial charge in [-0.3, -0.25) is 4.90 Å². The molecular weight excluding hydrogens is 178 g/mol. The third-order valence-corrected chi connectivity index (χ3v) is 4.04. The summed E-state index contributed by atoms with van der Waals surface area (Å²) in [5, 5.41) is 19.7. The molecule has 14 heavy (non-hydrogen) atoms. The molecule has 0 spiro atoms. The van der Waals surface area contributed by atoms with Gasteiger partial charge in [0.1, 0.15) is 0 Å². The number of hydrogen-bond donors (Lipinski definition) is 2. The summed E-state index contributed by atoms with van der Waals surface area (Å²) in [5.74, 6) is 0. The first-order chi connectivity index (χ1) is 6.53. The van der Waals surface area contributed by atoms with Gasteiger partial charge < -0.3 is 10.2 Å². The molecule has 1 aliphatic heterocycles. The van der Waals surface area contributed by atoms with Crippen LogP contribution in [0.15, 0.2) is 0 Å². The van der Waals surface area contributed by atoms with E-state index in [2.05, 4.69) is 18.7 Å². The number of aliphatic hydroxyl groups excluding tert-OH is 2. The Balaban J connectivity index is 2.11. The molecule has 1 heterocycles. The van der Waals surface area contributed by atoms with Gasteiger partial charge >= 0.3 is 0 Å². The summed E-state index contributed by atoms with van der Waals surface area (Å²) in [6.07, 6.45) is 3.55. The predicted octanol–water partition coefficient (Wildman–Crippen LogP) is 0.745. The smallest absolute Gasteiger partial charge is 0.0730 e. The first-order valence-electron chi connectivity index (χ1n) is 5.66. The summed E-state index contributed by atoms with van der Waals surface area (Å²) in [4.78, 5) is 2.30. The molecule has 3 nitrogen and oxygen atoms in total. The summed E-state index contributed by atoms with van der Waals surface area (Å²) in [7, 11) is 0. The van der Waals surface area contributed by atoms with Gasteiger partial charge in [0, 0.05) is 18.1 Å². The lowest BCUT2D eigenvalue weighted by Crippen LogP contribution is -2.52. The predicted molar refractivity (Wildman–Crippen MR) is 55.1 cm³/mol. The minimum Gasteiger partial charge on any atom is -0.391 e. The zero-order valence-corrected chi connectivity index (χ0v) is 9.11. The monoisotopic (exact) mass is 199 g/mol. The molecule has 2 fully saturated rings. The average molecular weight is 199 g/mol. The molecule has 0 aromatic carbocycles. The molecule has 0 amide bonds. The van der Waals surface area contributed by atoms with Crippen LogP contribution >= 0.6 is 0 Å². The third kappa shape index (κ3) is 1.47. The summed E-state index contributed by atoms with van der Waals surface area (Å²) < 4.78 is 0. The minimum atomic E-state index is -0.240. The van der Waals surface area contributed by atoms with Crippen LogP contribution in [-0.4, -0.2) is 45.4 Å².